The molecule has 0 amide bonds. The van der Waals surface area contributed by atoms with Gasteiger partial charge in [0, 0.05) is 11.3 Å². The van der Waals surface area contributed by atoms with Crippen LogP contribution < -0.4 is 0 Å². The third kappa shape index (κ3) is 1.44. The molecular weight excluding hydrogens is 199 g/mol. The summed E-state index contributed by atoms with van der Waals surface area (Å²) >= 11 is 1.68. The molecule has 1 N–H and O–H groups in total. The van der Waals surface area contributed by atoms with Gasteiger partial charge in [0.25, 0.3) is 0 Å². The molecule has 1 nitrogen and oxygen atoms in total. The molecule has 0 unspecified atom stereocenters. The van der Waals surface area contributed by atoms with Crippen LogP contribution in [0.1, 0.15) is 12.5 Å². The van der Waals surface area contributed by atoms with Crippen molar-refractivity contribution in [2.75, 3.05) is 11.5 Å². The van der Waals surface area contributed by atoms with Crippen LogP contribution in [0.3, 0.4) is 0 Å². The summed E-state index contributed by atoms with van der Waals surface area (Å²) in [7, 11) is 0. The zero-order valence-corrected chi connectivity index (χ0v) is 8.85. The fourth-order valence-electron chi connectivity index (χ4n) is 1.83. The Balaban J connectivity index is 2.43. The summed E-state index contributed by atoms with van der Waals surface area (Å²) in [5.41, 5.74) is -0.534. The van der Waals surface area contributed by atoms with Gasteiger partial charge >= 0.3 is 0 Å². The van der Waals surface area contributed by atoms with E-state index in [0.717, 1.165) is 5.75 Å². The van der Waals surface area contributed by atoms with Crippen molar-refractivity contribution >= 4 is 11.8 Å². The lowest BCUT2D eigenvalue weighted by molar-refractivity contribution is 0.0200. The van der Waals surface area contributed by atoms with Gasteiger partial charge in [-0.1, -0.05) is 25.1 Å². The molecule has 0 saturated carbocycles. The van der Waals surface area contributed by atoms with Gasteiger partial charge in [-0.3, -0.25) is 0 Å². The van der Waals surface area contributed by atoms with Crippen LogP contribution in [0.2, 0.25) is 0 Å². The van der Waals surface area contributed by atoms with E-state index in [1.54, 1.807) is 30.0 Å². The first-order valence-electron chi connectivity index (χ1n) is 4.70. The minimum absolute atomic E-state index is 0.115. The van der Waals surface area contributed by atoms with E-state index >= 15 is 0 Å². The smallest absolute Gasteiger partial charge is 0.129 e. The van der Waals surface area contributed by atoms with Crippen LogP contribution in [0.5, 0.6) is 0 Å². The summed E-state index contributed by atoms with van der Waals surface area (Å²) < 4.78 is 13.5. The van der Waals surface area contributed by atoms with E-state index in [1.165, 1.54) is 6.07 Å². The molecule has 14 heavy (non-hydrogen) atoms. The van der Waals surface area contributed by atoms with Crippen molar-refractivity contribution in [2.45, 2.75) is 12.5 Å². The van der Waals surface area contributed by atoms with E-state index in [2.05, 4.69) is 0 Å². The second kappa shape index (κ2) is 3.55. The van der Waals surface area contributed by atoms with Gasteiger partial charge in [-0.25, -0.2) is 4.39 Å². The SMILES string of the molecule is C[C@@H]1CSC[C@@]1(O)c1ccccc1F. The Hall–Kier alpha value is -0.540. The molecule has 1 saturated heterocycles. The molecule has 0 radical (unpaired) electrons. The molecule has 0 aliphatic carbocycles. The number of rotatable bonds is 1. The summed E-state index contributed by atoms with van der Waals surface area (Å²) in [6.07, 6.45) is 0. The number of hydrogen-bond acceptors (Lipinski definition) is 2. The number of benzene rings is 1. The Bertz CT molecular complexity index is 342. The Labute approximate surface area is 87.3 Å². The summed E-state index contributed by atoms with van der Waals surface area (Å²) in [5.74, 6) is 1.30. The second-order valence-electron chi connectivity index (χ2n) is 3.82. The van der Waals surface area contributed by atoms with Crippen molar-refractivity contribution in [3.63, 3.8) is 0 Å². The van der Waals surface area contributed by atoms with Gasteiger partial charge in [0.2, 0.25) is 0 Å². The maximum atomic E-state index is 13.5. The molecule has 1 aromatic carbocycles. The predicted molar refractivity (Wildman–Crippen MR) is 56.8 cm³/mol. The minimum atomic E-state index is -0.976. The first kappa shape index (κ1) is 9.99. The van der Waals surface area contributed by atoms with E-state index in [0.29, 0.717) is 11.3 Å². The van der Waals surface area contributed by atoms with Crippen molar-refractivity contribution in [3.05, 3.63) is 35.6 Å². The Morgan fingerprint density at radius 2 is 2.21 bits per heavy atom. The Morgan fingerprint density at radius 1 is 1.50 bits per heavy atom. The van der Waals surface area contributed by atoms with Crippen LogP contribution in [-0.2, 0) is 5.60 Å². The second-order valence-corrected chi connectivity index (χ2v) is 4.85. The van der Waals surface area contributed by atoms with Crippen LogP contribution in [0.15, 0.2) is 24.3 Å². The number of hydrogen-bond donors (Lipinski definition) is 1. The van der Waals surface area contributed by atoms with Crippen LogP contribution >= 0.6 is 11.8 Å². The van der Waals surface area contributed by atoms with Crippen molar-refractivity contribution in [3.8, 4) is 0 Å². The molecule has 1 heterocycles. The van der Waals surface area contributed by atoms with E-state index in [4.69, 9.17) is 0 Å². The molecule has 3 heteroatoms. The Morgan fingerprint density at radius 3 is 2.79 bits per heavy atom. The molecule has 2 atom stereocenters. The van der Waals surface area contributed by atoms with E-state index in [1.807, 2.05) is 6.92 Å². The zero-order valence-electron chi connectivity index (χ0n) is 8.03. The minimum Gasteiger partial charge on any atom is -0.384 e. The van der Waals surface area contributed by atoms with Gasteiger partial charge in [0.1, 0.15) is 11.4 Å². The molecule has 0 spiro atoms. The van der Waals surface area contributed by atoms with Gasteiger partial charge in [-0.05, 0) is 17.7 Å². The topological polar surface area (TPSA) is 20.2 Å². The molecule has 2 rings (SSSR count). The fraction of sp³-hybridized carbons (Fsp3) is 0.455. The van der Waals surface area contributed by atoms with Crippen molar-refractivity contribution in [1.82, 2.24) is 0 Å². The maximum Gasteiger partial charge on any atom is 0.129 e. The predicted octanol–water partition coefficient (Wildman–Crippen LogP) is 2.40. The normalized spacial score (nSPS) is 32.1. The first-order valence-corrected chi connectivity index (χ1v) is 5.85. The quantitative estimate of drug-likeness (QED) is 0.771. The monoisotopic (exact) mass is 212 g/mol. The summed E-state index contributed by atoms with van der Waals surface area (Å²) in [5, 5.41) is 10.4. The van der Waals surface area contributed by atoms with E-state index < -0.39 is 5.60 Å². The third-order valence-electron chi connectivity index (χ3n) is 2.85. The number of thioether (sulfide) groups is 1. The highest BCUT2D eigenvalue weighted by atomic mass is 32.2. The fourth-order valence-corrected chi connectivity index (χ4v) is 3.33. The highest BCUT2D eigenvalue weighted by Crippen LogP contribution is 2.41. The molecular formula is C11H13FOS. The first-order chi connectivity index (χ1) is 6.64. The van der Waals surface area contributed by atoms with Gasteiger partial charge in [-0.2, -0.15) is 11.8 Å². The van der Waals surface area contributed by atoms with Gasteiger partial charge in [0.05, 0.1) is 0 Å². The largest absolute Gasteiger partial charge is 0.384 e. The summed E-state index contributed by atoms with van der Waals surface area (Å²) in [6.45, 7) is 1.96. The Kier molecular flexibility index (Phi) is 2.54. The van der Waals surface area contributed by atoms with Crippen LogP contribution in [0.4, 0.5) is 4.39 Å². The van der Waals surface area contributed by atoms with E-state index in [9.17, 15) is 9.50 Å². The maximum absolute atomic E-state index is 13.5. The molecule has 0 aromatic heterocycles. The number of aliphatic hydroxyl groups is 1. The summed E-state index contributed by atoms with van der Waals surface area (Å²) in [4.78, 5) is 0. The third-order valence-corrected chi connectivity index (χ3v) is 4.23. The molecule has 1 aromatic rings. The molecule has 1 fully saturated rings. The molecule has 1 aliphatic rings. The van der Waals surface area contributed by atoms with Crippen LogP contribution in [0.25, 0.3) is 0 Å². The average Bonchev–Trinajstić information content (AvgIpc) is 2.49. The lowest BCUT2D eigenvalue weighted by atomic mass is 9.85. The highest BCUT2D eigenvalue weighted by Gasteiger charge is 2.41. The molecule has 1 aliphatic heterocycles. The molecule has 0 bridgehead atoms. The van der Waals surface area contributed by atoms with Crippen molar-refractivity contribution < 1.29 is 9.50 Å². The van der Waals surface area contributed by atoms with Crippen LogP contribution in [-0.4, -0.2) is 16.6 Å². The van der Waals surface area contributed by atoms with Crippen molar-refractivity contribution in [2.24, 2.45) is 5.92 Å². The lowest BCUT2D eigenvalue weighted by Crippen LogP contribution is -2.33. The van der Waals surface area contributed by atoms with Gasteiger partial charge in [-0.15, -0.1) is 0 Å². The standard InChI is InChI=1S/C11H13FOS/c1-8-6-14-7-11(8,13)9-4-2-3-5-10(9)12/h2-5,8,13H,6-7H2,1H3/t8-,11+/m1/s1. The van der Waals surface area contributed by atoms with Gasteiger partial charge in [0.15, 0.2) is 0 Å². The van der Waals surface area contributed by atoms with Crippen LogP contribution in [0, 0.1) is 11.7 Å². The molecule has 76 valence electrons. The highest BCUT2D eigenvalue weighted by molar-refractivity contribution is 7.99. The number of halogens is 1. The van der Waals surface area contributed by atoms with Crippen molar-refractivity contribution in [1.29, 1.82) is 0 Å². The van der Waals surface area contributed by atoms with E-state index in [-0.39, 0.29) is 11.7 Å². The average molecular weight is 212 g/mol. The lowest BCUT2D eigenvalue weighted by Gasteiger charge is -2.27. The zero-order chi connectivity index (χ0) is 10.2. The van der Waals surface area contributed by atoms with Gasteiger partial charge < -0.3 is 5.11 Å². The summed E-state index contributed by atoms with van der Waals surface area (Å²) in [6, 6.07) is 6.50.